The number of ether oxygens (including phenoxy) is 3. The Morgan fingerprint density at radius 1 is 1.11 bits per heavy atom. The number of aliphatic hydroxyl groups is 1. The number of Topliss-reactive ketones (excluding diaryl/α,β-unsaturated/α-hetero) is 1. The first-order valence-electron chi connectivity index (χ1n) is 12.2. The van der Waals surface area contributed by atoms with E-state index in [4.69, 9.17) is 24.7 Å². The second kappa shape index (κ2) is 11.1. The van der Waals surface area contributed by atoms with Crippen molar-refractivity contribution in [1.82, 2.24) is 19.4 Å². The highest BCUT2D eigenvalue weighted by Gasteiger charge is 2.25. The summed E-state index contributed by atoms with van der Waals surface area (Å²) in [4.78, 5) is 13.4. The molecule has 3 rings (SSSR count). The van der Waals surface area contributed by atoms with Crippen molar-refractivity contribution >= 4 is 11.4 Å². The summed E-state index contributed by atoms with van der Waals surface area (Å²) >= 11 is 0. The second-order valence-corrected chi connectivity index (χ2v) is 9.77. The molecule has 0 bridgehead atoms. The van der Waals surface area contributed by atoms with Gasteiger partial charge in [0.1, 0.15) is 6.54 Å². The van der Waals surface area contributed by atoms with Crippen LogP contribution in [0.3, 0.4) is 0 Å². The summed E-state index contributed by atoms with van der Waals surface area (Å²) in [5.74, 6) is 1.24. The number of aromatic nitrogens is 4. The van der Waals surface area contributed by atoms with E-state index in [1.165, 1.54) is 9.20 Å². The molecule has 0 saturated heterocycles. The van der Waals surface area contributed by atoms with Crippen LogP contribution in [0.4, 0.5) is 0 Å². The zero-order valence-electron chi connectivity index (χ0n) is 22.3. The van der Waals surface area contributed by atoms with Crippen LogP contribution >= 0.6 is 0 Å². The molecule has 0 spiro atoms. The van der Waals surface area contributed by atoms with E-state index in [-0.39, 0.29) is 30.0 Å². The maximum absolute atomic E-state index is 13.4. The lowest BCUT2D eigenvalue weighted by molar-refractivity contribution is 0.0964. The van der Waals surface area contributed by atoms with Crippen LogP contribution in [0.5, 0.6) is 17.4 Å². The van der Waals surface area contributed by atoms with Crippen LogP contribution < -0.4 is 19.8 Å². The summed E-state index contributed by atoms with van der Waals surface area (Å²) in [6.45, 7) is 12.6. The molecule has 0 aliphatic heterocycles. The third kappa shape index (κ3) is 5.53. The van der Waals surface area contributed by atoms with Gasteiger partial charge in [-0.05, 0) is 37.8 Å². The van der Waals surface area contributed by atoms with Crippen LogP contribution in [-0.2, 0) is 12.0 Å². The molecule has 36 heavy (non-hydrogen) atoms. The van der Waals surface area contributed by atoms with Gasteiger partial charge in [0.2, 0.25) is 11.5 Å². The third-order valence-electron chi connectivity index (χ3n) is 5.96. The van der Waals surface area contributed by atoms with E-state index >= 15 is 0 Å². The summed E-state index contributed by atoms with van der Waals surface area (Å²) < 4.78 is 20.0. The monoisotopic (exact) mass is 499 g/mol. The Balaban J connectivity index is 2.03. The number of hydrogen-bond acceptors (Lipinski definition) is 8. The van der Waals surface area contributed by atoms with Crippen molar-refractivity contribution in [3.8, 4) is 17.4 Å². The SMILES string of the molecule is CCCOc1nn2c(=N)n(CC(=O)c3cc(OCCCO)c(OC)c(C(C)(C)C)c3)nc2c(C)c1C. The minimum atomic E-state index is -0.318. The van der Waals surface area contributed by atoms with Gasteiger partial charge in [-0.3, -0.25) is 10.2 Å². The molecule has 3 aromatic rings. The lowest BCUT2D eigenvalue weighted by atomic mass is 9.84. The number of fused-ring (bicyclic) bond motifs is 1. The molecular weight excluding hydrogens is 462 g/mol. The van der Waals surface area contributed by atoms with Crippen molar-refractivity contribution in [3.05, 3.63) is 40.0 Å². The number of hydrogen-bond donors (Lipinski definition) is 2. The van der Waals surface area contributed by atoms with Gasteiger partial charge in [0.25, 0.3) is 0 Å². The fourth-order valence-corrected chi connectivity index (χ4v) is 3.79. The molecule has 0 amide bonds. The lowest BCUT2D eigenvalue weighted by Crippen LogP contribution is -2.27. The number of aryl methyl sites for hydroxylation is 1. The number of nitrogens with one attached hydrogen (secondary N) is 1. The number of benzene rings is 1. The summed E-state index contributed by atoms with van der Waals surface area (Å²) in [7, 11) is 1.57. The van der Waals surface area contributed by atoms with Crippen molar-refractivity contribution in [2.24, 2.45) is 0 Å². The number of rotatable bonds is 11. The van der Waals surface area contributed by atoms with E-state index in [1.807, 2.05) is 47.6 Å². The fraction of sp³-hybridized carbons (Fsp3) is 0.538. The van der Waals surface area contributed by atoms with E-state index in [0.717, 1.165) is 23.1 Å². The standard InChI is InChI=1S/C26H37N5O5/c1-8-11-36-24-17(3)16(2)23-28-30(25(27)31(23)29-24)15-20(33)18-13-19(26(4,5)6)22(34-7)21(14-18)35-12-9-10-32/h13-14,27,32H,8-12,15H2,1-7H3. The smallest absolute Gasteiger partial charge is 0.242 e. The molecule has 0 fully saturated rings. The molecule has 0 aliphatic carbocycles. The van der Waals surface area contributed by atoms with Crippen LogP contribution in [-0.4, -0.2) is 57.2 Å². The van der Waals surface area contributed by atoms with Gasteiger partial charge in [0, 0.05) is 35.3 Å². The second-order valence-electron chi connectivity index (χ2n) is 9.77. The average molecular weight is 500 g/mol. The van der Waals surface area contributed by atoms with Crippen molar-refractivity contribution in [1.29, 1.82) is 5.41 Å². The van der Waals surface area contributed by atoms with Crippen molar-refractivity contribution < 1.29 is 24.1 Å². The number of carbonyl (C=O) groups is 1. The molecule has 2 N–H and O–H groups in total. The van der Waals surface area contributed by atoms with E-state index in [1.54, 1.807) is 13.2 Å². The number of aliphatic hydroxyl groups excluding tert-OH is 1. The fourth-order valence-electron chi connectivity index (χ4n) is 3.79. The Bertz CT molecular complexity index is 1300. The van der Waals surface area contributed by atoms with Crippen molar-refractivity contribution in [3.63, 3.8) is 0 Å². The van der Waals surface area contributed by atoms with Gasteiger partial charge in [-0.15, -0.1) is 10.2 Å². The average Bonchev–Trinajstić information content (AvgIpc) is 3.14. The van der Waals surface area contributed by atoms with Gasteiger partial charge in [-0.2, -0.15) is 4.52 Å². The van der Waals surface area contributed by atoms with Gasteiger partial charge < -0.3 is 19.3 Å². The summed E-state index contributed by atoms with van der Waals surface area (Å²) in [5.41, 5.74) is 3.12. The minimum absolute atomic E-state index is 0.00198. The predicted molar refractivity (Wildman–Crippen MR) is 135 cm³/mol. The highest BCUT2D eigenvalue weighted by atomic mass is 16.5. The van der Waals surface area contributed by atoms with Crippen LogP contribution in [0.2, 0.25) is 0 Å². The van der Waals surface area contributed by atoms with Crippen LogP contribution in [0.25, 0.3) is 5.65 Å². The van der Waals surface area contributed by atoms with E-state index < -0.39 is 0 Å². The van der Waals surface area contributed by atoms with Gasteiger partial charge >= 0.3 is 0 Å². The molecule has 1 aromatic carbocycles. The third-order valence-corrected chi connectivity index (χ3v) is 5.96. The summed E-state index contributed by atoms with van der Waals surface area (Å²) in [6, 6.07) is 3.46. The predicted octanol–water partition coefficient (Wildman–Crippen LogP) is 3.37. The molecular formula is C26H37N5O5. The first-order valence-corrected chi connectivity index (χ1v) is 12.2. The highest BCUT2D eigenvalue weighted by Crippen LogP contribution is 2.40. The summed E-state index contributed by atoms with van der Waals surface area (Å²) in [6.07, 6.45) is 1.30. The largest absolute Gasteiger partial charge is 0.493 e. The molecule has 2 aromatic heterocycles. The van der Waals surface area contributed by atoms with Gasteiger partial charge in [0.05, 0.1) is 20.3 Å². The molecule has 0 radical (unpaired) electrons. The molecule has 196 valence electrons. The van der Waals surface area contributed by atoms with E-state index in [0.29, 0.717) is 48.2 Å². The van der Waals surface area contributed by atoms with E-state index in [2.05, 4.69) is 10.2 Å². The topological polar surface area (TPSA) is 124 Å². The quantitative estimate of drug-likeness (QED) is 0.306. The van der Waals surface area contributed by atoms with Crippen LogP contribution in [0.15, 0.2) is 12.1 Å². The Morgan fingerprint density at radius 3 is 2.44 bits per heavy atom. The molecule has 2 heterocycles. The maximum Gasteiger partial charge on any atom is 0.242 e. The molecule has 10 heteroatoms. The maximum atomic E-state index is 13.4. The summed E-state index contributed by atoms with van der Waals surface area (Å²) in [5, 5.41) is 26.7. The molecule has 0 atom stereocenters. The number of ketones is 1. The molecule has 0 saturated carbocycles. The normalized spacial score (nSPS) is 11.7. The van der Waals surface area contributed by atoms with E-state index in [9.17, 15) is 4.79 Å². The zero-order valence-corrected chi connectivity index (χ0v) is 22.3. The Morgan fingerprint density at radius 2 is 1.83 bits per heavy atom. The minimum Gasteiger partial charge on any atom is -0.493 e. The van der Waals surface area contributed by atoms with Crippen LogP contribution in [0.1, 0.15) is 67.6 Å². The number of methoxy groups -OCH3 is 1. The molecule has 0 unspecified atom stereocenters. The van der Waals surface area contributed by atoms with Gasteiger partial charge in [-0.1, -0.05) is 27.7 Å². The first-order chi connectivity index (χ1) is 17.0. The molecule has 0 aliphatic rings. The zero-order chi connectivity index (χ0) is 26.6. The lowest BCUT2D eigenvalue weighted by Gasteiger charge is -2.25. The van der Waals surface area contributed by atoms with Crippen molar-refractivity contribution in [2.45, 2.75) is 66.3 Å². The number of nitrogens with zero attached hydrogens (tertiary/aromatic N) is 4. The van der Waals surface area contributed by atoms with Gasteiger partial charge in [-0.25, -0.2) is 4.68 Å². The molecule has 10 nitrogen and oxygen atoms in total. The van der Waals surface area contributed by atoms with Crippen LogP contribution in [0, 0.1) is 19.3 Å². The van der Waals surface area contributed by atoms with Crippen molar-refractivity contribution in [2.75, 3.05) is 26.9 Å². The highest BCUT2D eigenvalue weighted by molar-refractivity contribution is 5.97. The first kappa shape index (κ1) is 27.2. The Hall–Kier alpha value is -3.40. The van der Waals surface area contributed by atoms with Gasteiger partial charge in [0.15, 0.2) is 22.9 Å². The number of carbonyl (C=O) groups excluding carboxylic acids is 1. The Kier molecular flexibility index (Phi) is 8.39. The Labute approximate surface area is 211 Å².